The van der Waals surface area contributed by atoms with Crippen LogP contribution in [0.1, 0.15) is 52.5 Å². The van der Waals surface area contributed by atoms with Gasteiger partial charge in [0.2, 0.25) is 0 Å². The van der Waals surface area contributed by atoms with Crippen molar-refractivity contribution in [1.29, 1.82) is 0 Å². The van der Waals surface area contributed by atoms with Crippen LogP contribution in [0.15, 0.2) is 28.6 Å². The van der Waals surface area contributed by atoms with Gasteiger partial charge in [0.15, 0.2) is 5.17 Å². The van der Waals surface area contributed by atoms with Crippen molar-refractivity contribution in [3.05, 3.63) is 51.0 Å². The van der Waals surface area contributed by atoms with Crippen molar-refractivity contribution in [2.24, 2.45) is 10.7 Å². The lowest BCUT2D eigenvalue weighted by Gasteiger charge is -2.30. The van der Waals surface area contributed by atoms with Gasteiger partial charge < -0.3 is 11.1 Å². The highest BCUT2D eigenvalue weighted by atomic mass is 35.5. The molecule has 0 radical (unpaired) electrons. The van der Waals surface area contributed by atoms with E-state index in [1.807, 2.05) is 6.92 Å². The standard InChI is InChI=1S/C20H22FN3OS2.ClH/c1-20(8-9-26-19(22)24-20)15-10-13(6-7-16(15)21)23-18(25)17-14-5-3-2-4-12(14)11-27-17;/h6-7,10-11H,2-5,8-9H2,1H3,(H2,22,24)(H,23,25);1H/t20-;/m0./s1. The molecule has 4 nitrogen and oxygen atoms in total. The molecule has 1 aliphatic carbocycles. The minimum absolute atomic E-state index is 0. The number of hydrogen-bond acceptors (Lipinski definition) is 5. The van der Waals surface area contributed by atoms with Crippen molar-refractivity contribution in [3.63, 3.8) is 0 Å². The number of benzene rings is 1. The summed E-state index contributed by atoms with van der Waals surface area (Å²) >= 11 is 2.98. The summed E-state index contributed by atoms with van der Waals surface area (Å²) in [5, 5.41) is 5.52. The third-order valence-corrected chi connectivity index (χ3v) is 7.18. The van der Waals surface area contributed by atoms with Crippen LogP contribution < -0.4 is 11.1 Å². The molecular weight excluding hydrogens is 417 g/mol. The number of thiophene rings is 1. The molecule has 0 fully saturated rings. The van der Waals surface area contributed by atoms with Crippen molar-refractivity contribution in [3.8, 4) is 0 Å². The molecule has 1 aliphatic heterocycles. The third kappa shape index (κ3) is 4.07. The number of aliphatic imine (C=N–C) groups is 1. The fraction of sp³-hybridized carbons (Fsp3) is 0.400. The molecule has 0 saturated heterocycles. The summed E-state index contributed by atoms with van der Waals surface area (Å²) in [4.78, 5) is 18.1. The van der Waals surface area contributed by atoms with Gasteiger partial charge in [-0.15, -0.1) is 23.7 Å². The van der Waals surface area contributed by atoms with Crippen LogP contribution in [0.4, 0.5) is 10.1 Å². The van der Waals surface area contributed by atoms with E-state index < -0.39 is 5.54 Å². The molecule has 0 spiro atoms. The van der Waals surface area contributed by atoms with Crippen molar-refractivity contribution in [2.45, 2.75) is 44.6 Å². The number of amides is 1. The maximum absolute atomic E-state index is 14.5. The summed E-state index contributed by atoms with van der Waals surface area (Å²) in [6.45, 7) is 1.89. The maximum atomic E-state index is 14.5. The van der Waals surface area contributed by atoms with Gasteiger partial charge in [0.25, 0.3) is 5.91 Å². The van der Waals surface area contributed by atoms with E-state index in [-0.39, 0.29) is 24.1 Å². The number of nitrogens with one attached hydrogen (secondary N) is 1. The van der Waals surface area contributed by atoms with E-state index >= 15 is 0 Å². The van der Waals surface area contributed by atoms with Gasteiger partial charge in [0, 0.05) is 17.0 Å². The lowest BCUT2D eigenvalue weighted by molar-refractivity contribution is 0.102. The SMILES string of the molecule is C[C@@]1(c2cc(NC(=O)c3scc4c3CCCC4)ccc2F)CCSC(N)=N1.Cl. The lowest BCUT2D eigenvalue weighted by Crippen LogP contribution is -2.29. The molecular formula is C20H23ClFN3OS2. The van der Waals surface area contributed by atoms with E-state index in [4.69, 9.17) is 5.73 Å². The van der Waals surface area contributed by atoms with E-state index in [0.29, 0.717) is 22.8 Å². The van der Waals surface area contributed by atoms with Crippen LogP contribution in [0.25, 0.3) is 0 Å². The summed E-state index contributed by atoms with van der Waals surface area (Å²) in [5.41, 5.74) is 8.70. The molecule has 1 aromatic heterocycles. The van der Waals surface area contributed by atoms with Gasteiger partial charge in [-0.2, -0.15) is 0 Å². The molecule has 2 aromatic rings. The number of hydrogen-bond donors (Lipinski definition) is 2. The predicted octanol–water partition coefficient (Wildman–Crippen LogP) is 5.11. The Morgan fingerprint density at radius 2 is 2.11 bits per heavy atom. The molecule has 150 valence electrons. The van der Waals surface area contributed by atoms with Crippen molar-refractivity contribution in [1.82, 2.24) is 0 Å². The number of thioether (sulfide) groups is 1. The van der Waals surface area contributed by atoms with Crippen LogP contribution in [0.3, 0.4) is 0 Å². The largest absolute Gasteiger partial charge is 0.379 e. The van der Waals surface area contributed by atoms with Gasteiger partial charge in [0.05, 0.1) is 10.4 Å². The highest BCUT2D eigenvalue weighted by molar-refractivity contribution is 8.13. The second kappa shape index (κ2) is 8.43. The summed E-state index contributed by atoms with van der Waals surface area (Å²) < 4.78 is 14.5. The van der Waals surface area contributed by atoms with Crippen LogP contribution in [0, 0.1) is 5.82 Å². The summed E-state index contributed by atoms with van der Waals surface area (Å²) in [5.74, 6) is 0.351. The van der Waals surface area contributed by atoms with Gasteiger partial charge in [0.1, 0.15) is 5.82 Å². The Kier molecular flexibility index (Phi) is 6.37. The Hall–Kier alpha value is -1.57. The van der Waals surface area contributed by atoms with Crippen molar-refractivity contribution < 1.29 is 9.18 Å². The van der Waals surface area contributed by atoms with Gasteiger partial charge in [-0.25, -0.2) is 4.39 Å². The number of anilines is 1. The minimum atomic E-state index is -0.706. The molecule has 3 N–H and O–H groups in total. The van der Waals surface area contributed by atoms with Gasteiger partial charge >= 0.3 is 0 Å². The number of halogens is 2. The molecule has 0 unspecified atom stereocenters. The second-order valence-electron chi connectivity index (χ2n) is 7.25. The van der Waals surface area contributed by atoms with E-state index in [1.165, 1.54) is 46.7 Å². The number of carbonyl (C=O) groups excluding carboxylic acids is 1. The van der Waals surface area contributed by atoms with Gasteiger partial charge in [-0.05, 0) is 73.7 Å². The topological polar surface area (TPSA) is 67.5 Å². The summed E-state index contributed by atoms with van der Waals surface area (Å²) in [6.07, 6.45) is 5.02. The monoisotopic (exact) mass is 439 g/mol. The van der Waals surface area contributed by atoms with E-state index in [0.717, 1.165) is 29.9 Å². The zero-order valence-corrected chi connectivity index (χ0v) is 18.0. The Labute approximate surface area is 178 Å². The summed E-state index contributed by atoms with van der Waals surface area (Å²) in [7, 11) is 0. The van der Waals surface area contributed by atoms with E-state index in [2.05, 4.69) is 15.7 Å². The number of carbonyl (C=O) groups is 1. The fourth-order valence-corrected chi connectivity index (χ4v) is 5.82. The first-order valence-corrected chi connectivity index (χ1v) is 11.0. The number of nitrogens with zero attached hydrogens (tertiary/aromatic N) is 1. The van der Waals surface area contributed by atoms with Crippen LogP contribution in [0.2, 0.25) is 0 Å². The average molecular weight is 440 g/mol. The molecule has 28 heavy (non-hydrogen) atoms. The maximum Gasteiger partial charge on any atom is 0.266 e. The predicted molar refractivity (Wildman–Crippen MR) is 119 cm³/mol. The Bertz CT molecular complexity index is 930. The average Bonchev–Trinajstić information content (AvgIpc) is 3.07. The number of fused-ring (bicyclic) bond motifs is 1. The number of amidine groups is 1. The number of rotatable bonds is 3. The number of aryl methyl sites for hydroxylation is 1. The number of nitrogens with two attached hydrogens (primary N) is 1. The molecule has 4 rings (SSSR count). The smallest absolute Gasteiger partial charge is 0.266 e. The van der Waals surface area contributed by atoms with E-state index in [9.17, 15) is 9.18 Å². The highest BCUT2D eigenvalue weighted by Crippen LogP contribution is 2.37. The van der Waals surface area contributed by atoms with Crippen molar-refractivity contribution >= 4 is 52.3 Å². The first kappa shape index (κ1) is 21.1. The fourth-order valence-electron chi connectivity index (χ4n) is 3.79. The molecule has 1 aromatic carbocycles. The van der Waals surface area contributed by atoms with Crippen LogP contribution in [-0.2, 0) is 18.4 Å². The van der Waals surface area contributed by atoms with Crippen molar-refractivity contribution in [2.75, 3.05) is 11.1 Å². The normalized spacial score (nSPS) is 21.3. The lowest BCUT2D eigenvalue weighted by atomic mass is 9.89. The minimum Gasteiger partial charge on any atom is -0.379 e. The molecule has 2 heterocycles. The quantitative estimate of drug-likeness (QED) is 0.698. The first-order valence-electron chi connectivity index (χ1n) is 9.15. The molecule has 0 saturated carbocycles. The van der Waals surface area contributed by atoms with Gasteiger partial charge in [-0.3, -0.25) is 9.79 Å². The van der Waals surface area contributed by atoms with E-state index in [1.54, 1.807) is 12.1 Å². The molecule has 2 aliphatic rings. The molecule has 1 amide bonds. The zero-order chi connectivity index (χ0) is 19.0. The van der Waals surface area contributed by atoms with Crippen LogP contribution >= 0.6 is 35.5 Å². The zero-order valence-electron chi connectivity index (χ0n) is 15.6. The Balaban J connectivity index is 0.00000225. The summed E-state index contributed by atoms with van der Waals surface area (Å²) in [6, 6.07) is 4.69. The highest BCUT2D eigenvalue weighted by Gasteiger charge is 2.32. The van der Waals surface area contributed by atoms with Gasteiger partial charge in [-0.1, -0.05) is 11.8 Å². The Morgan fingerprint density at radius 3 is 2.89 bits per heavy atom. The first-order chi connectivity index (χ1) is 13.0. The second-order valence-corrected chi connectivity index (χ2v) is 9.24. The van der Waals surface area contributed by atoms with Crippen LogP contribution in [0.5, 0.6) is 0 Å². The van der Waals surface area contributed by atoms with Crippen LogP contribution in [-0.4, -0.2) is 16.8 Å². The Morgan fingerprint density at radius 1 is 1.32 bits per heavy atom. The molecule has 8 heteroatoms. The third-order valence-electron chi connectivity index (χ3n) is 5.31. The molecule has 0 bridgehead atoms. The molecule has 1 atom stereocenters.